The lowest BCUT2D eigenvalue weighted by molar-refractivity contribution is -0.137. The molecular formula is C20H40O2. The van der Waals surface area contributed by atoms with Crippen LogP contribution in [0.4, 0.5) is 0 Å². The van der Waals surface area contributed by atoms with Crippen molar-refractivity contribution in [2.24, 2.45) is 11.8 Å². The van der Waals surface area contributed by atoms with Crippen LogP contribution >= 0.6 is 0 Å². The van der Waals surface area contributed by atoms with Gasteiger partial charge < -0.3 is 5.11 Å². The van der Waals surface area contributed by atoms with Crippen molar-refractivity contribution in [1.82, 2.24) is 0 Å². The maximum Gasteiger partial charge on any atom is 0.303 e. The molecule has 2 heteroatoms. The SMILES string of the molecule is CCCCCC(C)CCCC(C)CCCCCCCC(=O)O. The fraction of sp³-hybridized carbons (Fsp3) is 0.950. The summed E-state index contributed by atoms with van der Waals surface area (Å²) in [4.78, 5) is 10.4. The highest BCUT2D eigenvalue weighted by Crippen LogP contribution is 2.21. The average Bonchev–Trinajstić information content (AvgIpc) is 2.46. The predicted octanol–water partition coefficient (Wildman–Crippen LogP) is 6.82. The van der Waals surface area contributed by atoms with E-state index in [2.05, 4.69) is 20.8 Å². The Morgan fingerprint density at radius 1 is 0.727 bits per heavy atom. The van der Waals surface area contributed by atoms with Crippen LogP contribution in [0.15, 0.2) is 0 Å². The molecule has 2 atom stereocenters. The van der Waals surface area contributed by atoms with Gasteiger partial charge in [0.15, 0.2) is 0 Å². The molecule has 132 valence electrons. The molecule has 0 radical (unpaired) electrons. The highest BCUT2D eigenvalue weighted by molar-refractivity contribution is 5.66. The van der Waals surface area contributed by atoms with Gasteiger partial charge in [-0.3, -0.25) is 4.79 Å². The summed E-state index contributed by atoms with van der Waals surface area (Å²) in [6.45, 7) is 7.09. The van der Waals surface area contributed by atoms with Crippen molar-refractivity contribution >= 4 is 5.97 Å². The van der Waals surface area contributed by atoms with E-state index in [1.165, 1.54) is 70.6 Å². The molecule has 0 rings (SSSR count). The maximum atomic E-state index is 10.4. The van der Waals surface area contributed by atoms with Gasteiger partial charge in [-0.1, -0.05) is 97.8 Å². The predicted molar refractivity (Wildman–Crippen MR) is 96.3 cm³/mol. The first-order valence-electron chi connectivity index (χ1n) is 9.78. The molecule has 0 aromatic heterocycles. The number of carboxylic acid groups (broad SMARTS) is 1. The Bertz CT molecular complexity index is 250. The molecule has 0 heterocycles. The van der Waals surface area contributed by atoms with Gasteiger partial charge >= 0.3 is 5.97 Å². The Morgan fingerprint density at radius 3 is 1.73 bits per heavy atom. The fourth-order valence-corrected chi connectivity index (χ4v) is 3.15. The van der Waals surface area contributed by atoms with Gasteiger partial charge in [-0.25, -0.2) is 0 Å². The Morgan fingerprint density at radius 2 is 1.18 bits per heavy atom. The maximum absolute atomic E-state index is 10.4. The molecule has 0 saturated heterocycles. The summed E-state index contributed by atoms with van der Waals surface area (Å²) < 4.78 is 0. The Balaban J connectivity index is 3.32. The molecule has 0 aliphatic rings. The lowest BCUT2D eigenvalue weighted by Gasteiger charge is -2.14. The third kappa shape index (κ3) is 15.9. The summed E-state index contributed by atoms with van der Waals surface area (Å²) >= 11 is 0. The van der Waals surface area contributed by atoms with Crippen molar-refractivity contribution < 1.29 is 9.90 Å². The van der Waals surface area contributed by atoms with Crippen LogP contribution in [0.3, 0.4) is 0 Å². The molecule has 0 bridgehead atoms. The van der Waals surface area contributed by atoms with Crippen LogP contribution in [-0.2, 0) is 4.79 Å². The van der Waals surface area contributed by atoms with E-state index in [1.54, 1.807) is 0 Å². The van der Waals surface area contributed by atoms with E-state index in [9.17, 15) is 4.79 Å². The van der Waals surface area contributed by atoms with Gasteiger partial charge in [0, 0.05) is 6.42 Å². The van der Waals surface area contributed by atoms with Gasteiger partial charge in [0.25, 0.3) is 0 Å². The van der Waals surface area contributed by atoms with E-state index in [0.717, 1.165) is 24.7 Å². The highest BCUT2D eigenvalue weighted by Gasteiger charge is 2.05. The van der Waals surface area contributed by atoms with E-state index in [-0.39, 0.29) is 0 Å². The third-order valence-electron chi connectivity index (χ3n) is 4.78. The van der Waals surface area contributed by atoms with Crippen LogP contribution in [0.1, 0.15) is 111 Å². The molecule has 0 aromatic rings. The summed E-state index contributed by atoms with van der Waals surface area (Å²) in [5.41, 5.74) is 0. The van der Waals surface area contributed by atoms with Crippen molar-refractivity contribution in [3.05, 3.63) is 0 Å². The standard InChI is InChI=1S/C20H40O2/c1-4-5-9-13-18(2)15-12-16-19(3)14-10-7-6-8-11-17-20(21)22/h18-19H,4-17H2,1-3H3,(H,21,22). The van der Waals surface area contributed by atoms with Crippen molar-refractivity contribution in [2.75, 3.05) is 0 Å². The van der Waals surface area contributed by atoms with E-state index in [0.29, 0.717) is 6.42 Å². The minimum absolute atomic E-state index is 0.340. The number of unbranched alkanes of at least 4 members (excludes halogenated alkanes) is 6. The molecule has 22 heavy (non-hydrogen) atoms. The molecule has 0 spiro atoms. The minimum Gasteiger partial charge on any atom is -0.481 e. The molecule has 0 aromatic carbocycles. The highest BCUT2D eigenvalue weighted by atomic mass is 16.4. The number of carboxylic acids is 1. The molecule has 0 aliphatic carbocycles. The molecule has 0 fully saturated rings. The van der Waals surface area contributed by atoms with Crippen molar-refractivity contribution in [3.8, 4) is 0 Å². The minimum atomic E-state index is -0.655. The zero-order valence-electron chi connectivity index (χ0n) is 15.4. The van der Waals surface area contributed by atoms with Crippen LogP contribution < -0.4 is 0 Å². The van der Waals surface area contributed by atoms with Crippen molar-refractivity contribution in [1.29, 1.82) is 0 Å². The third-order valence-corrected chi connectivity index (χ3v) is 4.78. The van der Waals surface area contributed by atoms with Crippen molar-refractivity contribution in [2.45, 2.75) is 111 Å². The number of rotatable bonds is 16. The Hall–Kier alpha value is -0.530. The smallest absolute Gasteiger partial charge is 0.303 e. The molecule has 2 nitrogen and oxygen atoms in total. The first kappa shape index (κ1) is 21.5. The summed E-state index contributed by atoms with van der Waals surface area (Å²) in [6.07, 6.45) is 17.2. The summed E-state index contributed by atoms with van der Waals surface area (Å²) in [5.74, 6) is 1.12. The van der Waals surface area contributed by atoms with Crippen LogP contribution in [0.2, 0.25) is 0 Å². The van der Waals surface area contributed by atoms with Gasteiger partial charge in [-0.2, -0.15) is 0 Å². The van der Waals surface area contributed by atoms with Gasteiger partial charge in [-0.05, 0) is 18.3 Å². The zero-order chi connectivity index (χ0) is 16.6. The summed E-state index contributed by atoms with van der Waals surface area (Å²) in [5, 5.41) is 8.57. The quantitative estimate of drug-likeness (QED) is 0.317. The second-order valence-corrected chi connectivity index (χ2v) is 7.34. The van der Waals surface area contributed by atoms with Crippen molar-refractivity contribution in [3.63, 3.8) is 0 Å². The Labute approximate surface area is 139 Å². The van der Waals surface area contributed by atoms with Gasteiger partial charge in [0.2, 0.25) is 0 Å². The van der Waals surface area contributed by atoms with Crippen LogP contribution in [0, 0.1) is 11.8 Å². The van der Waals surface area contributed by atoms with Gasteiger partial charge in [0.05, 0.1) is 0 Å². The molecular weight excluding hydrogens is 272 g/mol. The lowest BCUT2D eigenvalue weighted by atomic mass is 9.92. The molecule has 1 N–H and O–H groups in total. The Kier molecular flexibility index (Phi) is 15.0. The number of carbonyl (C=O) groups is 1. The van der Waals surface area contributed by atoms with Crippen LogP contribution in [0.25, 0.3) is 0 Å². The first-order valence-corrected chi connectivity index (χ1v) is 9.78. The van der Waals surface area contributed by atoms with Crippen LogP contribution in [0.5, 0.6) is 0 Å². The summed E-state index contributed by atoms with van der Waals surface area (Å²) in [7, 11) is 0. The molecule has 0 amide bonds. The molecule has 2 unspecified atom stereocenters. The zero-order valence-corrected chi connectivity index (χ0v) is 15.4. The number of hydrogen-bond acceptors (Lipinski definition) is 1. The number of hydrogen-bond donors (Lipinski definition) is 1. The lowest BCUT2D eigenvalue weighted by Crippen LogP contribution is -1.99. The average molecular weight is 313 g/mol. The number of aliphatic carboxylic acids is 1. The van der Waals surface area contributed by atoms with E-state index >= 15 is 0 Å². The molecule has 0 saturated carbocycles. The monoisotopic (exact) mass is 312 g/mol. The van der Waals surface area contributed by atoms with Gasteiger partial charge in [0.1, 0.15) is 0 Å². The van der Waals surface area contributed by atoms with E-state index < -0.39 is 5.97 Å². The van der Waals surface area contributed by atoms with Crippen LogP contribution in [-0.4, -0.2) is 11.1 Å². The topological polar surface area (TPSA) is 37.3 Å². The summed E-state index contributed by atoms with van der Waals surface area (Å²) in [6, 6.07) is 0. The fourth-order valence-electron chi connectivity index (χ4n) is 3.15. The second kappa shape index (κ2) is 15.4. The molecule has 0 aliphatic heterocycles. The normalized spacial score (nSPS) is 14.0. The van der Waals surface area contributed by atoms with Gasteiger partial charge in [-0.15, -0.1) is 0 Å². The second-order valence-electron chi connectivity index (χ2n) is 7.34. The van der Waals surface area contributed by atoms with E-state index in [4.69, 9.17) is 5.11 Å². The largest absolute Gasteiger partial charge is 0.481 e. The first-order chi connectivity index (χ1) is 10.6. The van der Waals surface area contributed by atoms with E-state index in [1.807, 2.05) is 0 Å².